The van der Waals surface area contributed by atoms with Crippen LogP contribution in [0.3, 0.4) is 0 Å². The Labute approximate surface area is 118 Å². The summed E-state index contributed by atoms with van der Waals surface area (Å²) >= 11 is 0. The van der Waals surface area contributed by atoms with E-state index in [0.29, 0.717) is 5.92 Å². The second kappa shape index (κ2) is 5.76. The Kier molecular flexibility index (Phi) is 3.84. The van der Waals surface area contributed by atoms with Gasteiger partial charge in [0.1, 0.15) is 5.76 Å². The van der Waals surface area contributed by atoms with Crippen LogP contribution in [0, 0.1) is 12.8 Å². The van der Waals surface area contributed by atoms with E-state index in [0.717, 1.165) is 44.2 Å². The van der Waals surface area contributed by atoms with E-state index in [4.69, 9.17) is 9.26 Å². The number of aromatic nitrogens is 3. The molecule has 6 heteroatoms. The molecule has 0 bridgehead atoms. The maximum atomic E-state index is 5.34. The SMILES string of the molecule is COC[C@H]1CN(Cc2cc(C)on2)Cc2cncn2C1. The minimum atomic E-state index is 0.462. The molecule has 0 aliphatic carbocycles. The summed E-state index contributed by atoms with van der Waals surface area (Å²) in [5.41, 5.74) is 2.22. The van der Waals surface area contributed by atoms with E-state index in [9.17, 15) is 0 Å². The highest BCUT2D eigenvalue weighted by Crippen LogP contribution is 2.18. The van der Waals surface area contributed by atoms with Gasteiger partial charge in [0.2, 0.25) is 0 Å². The van der Waals surface area contributed by atoms with Crippen molar-refractivity contribution in [1.29, 1.82) is 0 Å². The molecule has 0 saturated heterocycles. The molecular formula is C14H20N4O2. The molecule has 20 heavy (non-hydrogen) atoms. The van der Waals surface area contributed by atoms with E-state index < -0.39 is 0 Å². The number of hydrogen-bond donors (Lipinski definition) is 0. The third-order valence-electron chi connectivity index (χ3n) is 3.62. The van der Waals surface area contributed by atoms with Crippen LogP contribution in [-0.2, 0) is 24.4 Å². The molecule has 6 nitrogen and oxygen atoms in total. The van der Waals surface area contributed by atoms with Gasteiger partial charge in [-0.3, -0.25) is 4.90 Å². The molecule has 0 saturated carbocycles. The molecule has 0 spiro atoms. The summed E-state index contributed by atoms with van der Waals surface area (Å²) in [5, 5.41) is 4.08. The lowest BCUT2D eigenvalue weighted by atomic mass is 10.1. The van der Waals surface area contributed by atoms with Gasteiger partial charge in [-0.1, -0.05) is 5.16 Å². The molecule has 0 fully saturated rings. The monoisotopic (exact) mass is 276 g/mol. The predicted molar refractivity (Wildman–Crippen MR) is 72.9 cm³/mol. The molecule has 0 unspecified atom stereocenters. The molecule has 0 radical (unpaired) electrons. The van der Waals surface area contributed by atoms with Crippen LogP contribution in [0.25, 0.3) is 0 Å². The molecule has 108 valence electrons. The number of ether oxygens (including phenoxy) is 1. The first-order chi connectivity index (χ1) is 9.74. The zero-order valence-corrected chi connectivity index (χ0v) is 12.0. The van der Waals surface area contributed by atoms with Crippen molar-refractivity contribution in [2.45, 2.75) is 26.6 Å². The number of methoxy groups -OCH3 is 1. The van der Waals surface area contributed by atoms with Crippen LogP contribution >= 0.6 is 0 Å². The molecule has 2 aromatic rings. The van der Waals surface area contributed by atoms with E-state index in [1.807, 2.05) is 25.5 Å². The van der Waals surface area contributed by atoms with Crippen molar-refractivity contribution >= 4 is 0 Å². The highest BCUT2D eigenvalue weighted by molar-refractivity contribution is 5.05. The van der Waals surface area contributed by atoms with Crippen LogP contribution in [0.15, 0.2) is 23.1 Å². The van der Waals surface area contributed by atoms with E-state index in [2.05, 4.69) is 19.6 Å². The van der Waals surface area contributed by atoms with E-state index >= 15 is 0 Å². The lowest BCUT2D eigenvalue weighted by molar-refractivity contribution is 0.114. The van der Waals surface area contributed by atoms with Gasteiger partial charge in [-0.05, 0) is 6.92 Å². The zero-order chi connectivity index (χ0) is 13.9. The van der Waals surface area contributed by atoms with Gasteiger partial charge in [-0.25, -0.2) is 4.98 Å². The Bertz CT molecular complexity index is 563. The van der Waals surface area contributed by atoms with Crippen LogP contribution in [0.2, 0.25) is 0 Å². The summed E-state index contributed by atoms with van der Waals surface area (Å²) in [7, 11) is 1.76. The smallest absolute Gasteiger partial charge is 0.133 e. The van der Waals surface area contributed by atoms with E-state index in [-0.39, 0.29) is 0 Å². The third-order valence-corrected chi connectivity index (χ3v) is 3.62. The molecule has 3 rings (SSSR count). The second-order valence-corrected chi connectivity index (χ2v) is 5.46. The molecule has 0 N–H and O–H groups in total. The Balaban J connectivity index is 1.76. The molecular weight excluding hydrogens is 256 g/mol. The van der Waals surface area contributed by atoms with Crippen LogP contribution in [-0.4, -0.2) is 39.9 Å². The maximum Gasteiger partial charge on any atom is 0.133 e. The summed E-state index contributed by atoms with van der Waals surface area (Å²) in [4.78, 5) is 6.62. The first-order valence-corrected chi connectivity index (χ1v) is 6.87. The summed E-state index contributed by atoms with van der Waals surface area (Å²) in [6, 6.07) is 1.99. The van der Waals surface area contributed by atoms with Crippen LogP contribution < -0.4 is 0 Å². The summed E-state index contributed by atoms with van der Waals surface area (Å²) in [6.45, 7) is 6.29. The number of fused-ring (bicyclic) bond motifs is 1. The van der Waals surface area contributed by atoms with Gasteiger partial charge in [0.25, 0.3) is 0 Å². The third kappa shape index (κ3) is 2.91. The van der Waals surface area contributed by atoms with Gasteiger partial charge in [0, 0.05) is 51.5 Å². The fourth-order valence-electron chi connectivity index (χ4n) is 2.82. The minimum absolute atomic E-state index is 0.462. The Morgan fingerprint density at radius 1 is 1.45 bits per heavy atom. The molecule has 1 atom stereocenters. The minimum Gasteiger partial charge on any atom is -0.384 e. The number of hydrogen-bond acceptors (Lipinski definition) is 5. The lowest BCUT2D eigenvalue weighted by Gasteiger charge is -2.22. The predicted octanol–water partition coefficient (Wildman–Crippen LogP) is 1.46. The average molecular weight is 276 g/mol. The fraction of sp³-hybridized carbons (Fsp3) is 0.571. The Morgan fingerprint density at radius 2 is 2.35 bits per heavy atom. The summed E-state index contributed by atoms with van der Waals surface area (Å²) < 4.78 is 12.7. The van der Waals surface area contributed by atoms with Gasteiger partial charge in [-0.15, -0.1) is 0 Å². The first kappa shape index (κ1) is 13.3. The number of imidazole rings is 1. The number of nitrogens with zero attached hydrogens (tertiary/aromatic N) is 4. The van der Waals surface area contributed by atoms with Gasteiger partial charge in [0.15, 0.2) is 0 Å². The number of rotatable bonds is 4. The molecule has 2 aromatic heterocycles. The quantitative estimate of drug-likeness (QED) is 0.846. The van der Waals surface area contributed by atoms with Crippen LogP contribution in [0.4, 0.5) is 0 Å². The molecule has 0 amide bonds. The van der Waals surface area contributed by atoms with Crippen molar-refractivity contribution in [2.75, 3.05) is 20.3 Å². The Hall–Kier alpha value is -1.66. The lowest BCUT2D eigenvalue weighted by Crippen LogP contribution is -2.29. The van der Waals surface area contributed by atoms with Gasteiger partial charge >= 0.3 is 0 Å². The maximum absolute atomic E-state index is 5.34. The van der Waals surface area contributed by atoms with Crippen molar-refractivity contribution in [3.05, 3.63) is 35.7 Å². The zero-order valence-electron chi connectivity index (χ0n) is 12.0. The average Bonchev–Trinajstić information content (AvgIpc) is 2.96. The fourth-order valence-corrected chi connectivity index (χ4v) is 2.82. The number of aryl methyl sites for hydroxylation is 1. The van der Waals surface area contributed by atoms with Crippen molar-refractivity contribution in [1.82, 2.24) is 19.6 Å². The summed E-state index contributed by atoms with van der Waals surface area (Å²) in [6.07, 6.45) is 3.85. The van der Waals surface area contributed by atoms with Crippen molar-refractivity contribution in [3.63, 3.8) is 0 Å². The summed E-state index contributed by atoms with van der Waals surface area (Å²) in [5.74, 6) is 1.32. The van der Waals surface area contributed by atoms with E-state index in [1.54, 1.807) is 7.11 Å². The van der Waals surface area contributed by atoms with Gasteiger partial charge < -0.3 is 13.8 Å². The second-order valence-electron chi connectivity index (χ2n) is 5.46. The highest BCUT2D eigenvalue weighted by Gasteiger charge is 2.22. The van der Waals surface area contributed by atoms with Gasteiger partial charge in [0.05, 0.1) is 24.3 Å². The van der Waals surface area contributed by atoms with E-state index in [1.165, 1.54) is 5.69 Å². The first-order valence-electron chi connectivity index (χ1n) is 6.87. The van der Waals surface area contributed by atoms with Gasteiger partial charge in [-0.2, -0.15) is 0 Å². The molecule has 1 aliphatic heterocycles. The Morgan fingerprint density at radius 3 is 3.10 bits per heavy atom. The largest absolute Gasteiger partial charge is 0.384 e. The van der Waals surface area contributed by atoms with Crippen molar-refractivity contribution < 1.29 is 9.26 Å². The molecule has 0 aromatic carbocycles. The topological polar surface area (TPSA) is 56.3 Å². The van der Waals surface area contributed by atoms with Crippen LogP contribution in [0.1, 0.15) is 17.1 Å². The normalized spacial score (nSPS) is 19.8. The standard InChI is InChI=1S/C14H20N4O2/c1-11-3-13(16-20-11)7-17-5-12(9-19-2)6-18-10-15-4-14(18)8-17/h3-4,10,12H,5-9H2,1-2H3/t12-/m0/s1. The van der Waals surface area contributed by atoms with Crippen molar-refractivity contribution in [2.24, 2.45) is 5.92 Å². The highest BCUT2D eigenvalue weighted by atomic mass is 16.5. The van der Waals surface area contributed by atoms with Crippen LogP contribution in [0.5, 0.6) is 0 Å². The molecule has 1 aliphatic rings. The van der Waals surface area contributed by atoms with Crippen molar-refractivity contribution in [3.8, 4) is 0 Å². The molecule has 3 heterocycles.